The van der Waals surface area contributed by atoms with Gasteiger partial charge in [-0.05, 0) is 44.8 Å². The van der Waals surface area contributed by atoms with Gasteiger partial charge in [0.05, 0.1) is 6.54 Å². The molecule has 0 spiro atoms. The molecule has 0 amide bonds. The van der Waals surface area contributed by atoms with Crippen molar-refractivity contribution < 1.29 is 4.52 Å². The van der Waals surface area contributed by atoms with Crippen LogP contribution in [0.25, 0.3) is 0 Å². The second-order valence-electron chi connectivity index (χ2n) is 5.96. The normalized spacial score (nSPS) is 16.9. The number of aliphatic imine (C=N–C) groups is 1. The smallest absolute Gasteiger partial charge is 0.223 e. The number of rotatable bonds is 6. The first-order valence-electron chi connectivity index (χ1n) is 8.13. The Morgan fingerprint density at radius 2 is 2.09 bits per heavy atom. The molecule has 0 bridgehead atoms. The Morgan fingerprint density at radius 1 is 1.35 bits per heavy atom. The van der Waals surface area contributed by atoms with Crippen molar-refractivity contribution in [3.8, 4) is 0 Å². The standard InChI is InChI=1S/C15H28N6O.HI/c1-12-5-9-21(10-6-12)8-4-7-17-15(16-3)18-11-14-19-13(2)22-20-14;/h12H,4-11H2,1-3H3,(H2,16,17,18);1H. The van der Waals surface area contributed by atoms with Gasteiger partial charge in [0, 0.05) is 20.5 Å². The van der Waals surface area contributed by atoms with Crippen molar-refractivity contribution in [2.75, 3.05) is 33.2 Å². The molecule has 1 saturated heterocycles. The van der Waals surface area contributed by atoms with Gasteiger partial charge in [-0.15, -0.1) is 24.0 Å². The molecular formula is C15H29IN6O. The van der Waals surface area contributed by atoms with Crippen LogP contribution >= 0.6 is 24.0 Å². The van der Waals surface area contributed by atoms with E-state index in [9.17, 15) is 0 Å². The molecule has 0 aromatic carbocycles. The minimum absolute atomic E-state index is 0. The van der Waals surface area contributed by atoms with Crippen molar-refractivity contribution in [1.29, 1.82) is 0 Å². The lowest BCUT2D eigenvalue weighted by atomic mass is 9.99. The van der Waals surface area contributed by atoms with Crippen LogP contribution < -0.4 is 10.6 Å². The molecule has 0 saturated carbocycles. The average molecular weight is 436 g/mol. The van der Waals surface area contributed by atoms with Crippen LogP contribution in [-0.2, 0) is 6.54 Å². The first-order chi connectivity index (χ1) is 10.7. The monoisotopic (exact) mass is 436 g/mol. The van der Waals surface area contributed by atoms with E-state index >= 15 is 0 Å². The summed E-state index contributed by atoms with van der Waals surface area (Å²) < 4.78 is 4.94. The SMILES string of the molecule is CN=C(NCCCN1CCC(C)CC1)NCc1noc(C)n1.I. The maximum atomic E-state index is 4.94. The fraction of sp³-hybridized carbons (Fsp3) is 0.800. The van der Waals surface area contributed by atoms with Crippen LogP contribution in [0.1, 0.15) is 37.9 Å². The van der Waals surface area contributed by atoms with E-state index in [1.54, 1.807) is 14.0 Å². The maximum Gasteiger partial charge on any atom is 0.223 e. The van der Waals surface area contributed by atoms with Crippen molar-refractivity contribution in [1.82, 2.24) is 25.7 Å². The molecule has 7 nitrogen and oxygen atoms in total. The molecule has 132 valence electrons. The summed E-state index contributed by atoms with van der Waals surface area (Å²) in [6, 6.07) is 0. The molecule has 1 aromatic rings. The zero-order chi connectivity index (χ0) is 15.8. The van der Waals surface area contributed by atoms with Crippen molar-refractivity contribution in [2.45, 2.75) is 39.7 Å². The summed E-state index contributed by atoms with van der Waals surface area (Å²) in [4.78, 5) is 10.9. The van der Waals surface area contributed by atoms with Crippen LogP contribution in [-0.4, -0.2) is 54.2 Å². The van der Waals surface area contributed by atoms with Gasteiger partial charge in [0.1, 0.15) is 0 Å². The highest BCUT2D eigenvalue weighted by molar-refractivity contribution is 14.0. The first kappa shape index (κ1) is 20.1. The highest BCUT2D eigenvalue weighted by Crippen LogP contribution is 2.15. The Kier molecular flexibility index (Phi) is 9.46. The fourth-order valence-corrected chi connectivity index (χ4v) is 2.59. The summed E-state index contributed by atoms with van der Waals surface area (Å²) in [7, 11) is 1.77. The van der Waals surface area contributed by atoms with Gasteiger partial charge in [-0.3, -0.25) is 4.99 Å². The lowest BCUT2D eigenvalue weighted by Gasteiger charge is -2.30. The van der Waals surface area contributed by atoms with E-state index in [2.05, 4.69) is 37.6 Å². The molecule has 1 aliphatic rings. The summed E-state index contributed by atoms with van der Waals surface area (Å²) in [5.41, 5.74) is 0. The number of guanidine groups is 1. The van der Waals surface area contributed by atoms with Gasteiger partial charge in [0.25, 0.3) is 0 Å². The van der Waals surface area contributed by atoms with Gasteiger partial charge in [0.2, 0.25) is 5.89 Å². The topological polar surface area (TPSA) is 78.6 Å². The lowest BCUT2D eigenvalue weighted by Crippen LogP contribution is -2.39. The number of piperidine rings is 1. The number of likely N-dealkylation sites (tertiary alicyclic amines) is 1. The lowest BCUT2D eigenvalue weighted by molar-refractivity contribution is 0.191. The molecular weight excluding hydrogens is 407 g/mol. The van der Waals surface area contributed by atoms with Crippen LogP contribution in [0.4, 0.5) is 0 Å². The van der Waals surface area contributed by atoms with Crippen LogP contribution in [0.2, 0.25) is 0 Å². The summed E-state index contributed by atoms with van der Waals surface area (Å²) in [5.74, 6) is 2.89. The van der Waals surface area contributed by atoms with E-state index in [1.807, 2.05) is 0 Å². The number of nitrogens with one attached hydrogen (secondary N) is 2. The zero-order valence-electron chi connectivity index (χ0n) is 14.3. The number of hydrogen-bond acceptors (Lipinski definition) is 5. The second kappa shape index (κ2) is 10.8. The van der Waals surface area contributed by atoms with Crippen LogP contribution in [0.15, 0.2) is 9.52 Å². The quantitative estimate of drug-likeness (QED) is 0.307. The molecule has 0 atom stereocenters. The minimum Gasteiger partial charge on any atom is -0.356 e. The molecule has 8 heteroatoms. The summed E-state index contributed by atoms with van der Waals surface area (Å²) in [6.45, 7) is 9.19. The molecule has 0 unspecified atom stereocenters. The zero-order valence-corrected chi connectivity index (χ0v) is 16.7. The molecule has 2 heterocycles. The molecule has 0 radical (unpaired) electrons. The second-order valence-corrected chi connectivity index (χ2v) is 5.96. The Labute approximate surface area is 155 Å². The van der Waals surface area contributed by atoms with E-state index in [-0.39, 0.29) is 24.0 Å². The van der Waals surface area contributed by atoms with Crippen molar-refractivity contribution in [2.24, 2.45) is 10.9 Å². The van der Waals surface area contributed by atoms with Gasteiger partial charge in [-0.1, -0.05) is 12.1 Å². The van der Waals surface area contributed by atoms with E-state index < -0.39 is 0 Å². The van der Waals surface area contributed by atoms with E-state index in [4.69, 9.17) is 4.52 Å². The molecule has 23 heavy (non-hydrogen) atoms. The third-order valence-electron chi connectivity index (χ3n) is 4.03. The van der Waals surface area contributed by atoms with Crippen LogP contribution in [0.5, 0.6) is 0 Å². The third kappa shape index (κ3) is 7.47. The average Bonchev–Trinajstić information content (AvgIpc) is 2.94. The third-order valence-corrected chi connectivity index (χ3v) is 4.03. The number of nitrogens with zero attached hydrogens (tertiary/aromatic N) is 4. The van der Waals surface area contributed by atoms with Gasteiger partial charge in [-0.25, -0.2) is 0 Å². The number of aromatic nitrogens is 2. The molecule has 0 aliphatic carbocycles. The van der Waals surface area contributed by atoms with Crippen LogP contribution in [0, 0.1) is 12.8 Å². The number of aryl methyl sites for hydroxylation is 1. The fourth-order valence-electron chi connectivity index (χ4n) is 2.59. The van der Waals surface area contributed by atoms with Crippen LogP contribution in [0.3, 0.4) is 0 Å². The molecule has 1 aromatic heterocycles. The Bertz CT molecular complexity index is 470. The Morgan fingerprint density at radius 3 is 2.70 bits per heavy atom. The number of hydrogen-bond donors (Lipinski definition) is 2. The molecule has 1 fully saturated rings. The first-order valence-corrected chi connectivity index (χ1v) is 8.13. The molecule has 1 aliphatic heterocycles. The van der Waals surface area contributed by atoms with Crippen molar-refractivity contribution in [3.63, 3.8) is 0 Å². The van der Waals surface area contributed by atoms with Gasteiger partial charge < -0.3 is 20.1 Å². The maximum absolute atomic E-state index is 4.94. The predicted molar refractivity (Wildman–Crippen MR) is 102 cm³/mol. The van der Waals surface area contributed by atoms with Gasteiger partial charge in [0.15, 0.2) is 11.8 Å². The minimum atomic E-state index is 0. The van der Waals surface area contributed by atoms with Crippen molar-refractivity contribution >= 4 is 29.9 Å². The highest BCUT2D eigenvalue weighted by Gasteiger charge is 2.14. The van der Waals surface area contributed by atoms with Gasteiger partial charge >= 0.3 is 0 Å². The Hall–Kier alpha value is -0.900. The highest BCUT2D eigenvalue weighted by atomic mass is 127. The van der Waals surface area contributed by atoms with Gasteiger partial charge in [-0.2, -0.15) is 4.98 Å². The van der Waals surface area contributed by atoms with E-state index in [0.717, 1.165) is 31.4 Å². The molecule has 2 rings (SSSR count). The van der Waals surface area contributed by atoms with E-state index in [0.29, 0.717) is 18.3 Å². The molecule has 2 N–H and O–H groups in total. The van der Waals surface area contributed by atoms with Crippen molar-refractivity contribution in [3.05, 3.63) is 11.7 Å². The predicted octanol–water partition coefficient (Wildman–Crippen LogP) is 1.78. The summed E-state index contributed by atoms with van der Waals surface area (Å²) in [5, 5.41) is 10.4. The van der Waals surface area contributed by atoms with E-state index in [1.165, 1.54) is 25.9 Å². The Balaban J connectivity index is 0.00000264. The summed E-state index contributed by atoms with van der Waals surface area (Å²) in [6.07, 6.45) is 3.79. The largest absolute Gasteiger partial charge is 0.356 e. The summed E-state index contributed by atoms with van der Waals surface area (Å²) >= 11 is 0. The number of halogens is 1.